The van der Waals surface area contributed by atoms with Gasteiger partial charge in [-0.2, -0.15) is 0 Å². The summed E-state index contributed by atoms with van der Waals surface area (Å²) in [5.74, 6) is 0.243. The minimum atomic E-state index is 0.139. The molecule has 0 fully saturated rings. The standard InChI is InChI=1S/C15H15Cl2NOS/c1-18-7-14-10-4-5-20-15(10)11(8-19-14)9-2-3-12(16)13(17)6-9/h2-6,11,14,18H,7-8H2,1H3. The van der Waals surface area contributed by atoms with Crippen LogP contribution in [0.2, 0.25) is 10.0 Å². The molecule has 0 amide bonds. The van der Waals surface area contributed by atoms with Gasteiger partial charge >= 0.3 is 0 Å². The third-order valence-electron chi connectivity index (χ3n) is 3.59. The molecule has 1 N–H and O–H groups in total. The van der Waals surface area contributed by atoms with Crippen molar-refractivity contribution >= 4 is 34.5 Å². The highest BCUT2D eigenvalue weighted by molar-refractivity contribution is 7.10. The second kappa shape index (κ2) is 6.04. The van der Waals surface area contributed by atoms with E-state index in [1.54, 1.807) is 11.3 Å². The van der Waals surface area contributed by atoms with E-state index in [0.29, 0.717) is 16.7 Å². The number of likely N-dealkylation sites (N-methyl/N-ethyl adjacent to an activating group) is 1. The summed E-state index contributed by atoms with van der Waals surface area (Å²) in [5.41, 5.74) is 2.44. The number of hydrogen-bond donors (Lipinski definition) is 1. The number of rotatable bonds is 3. The Morgan fingerprint density at radius 2 is 2.15 bits per heavy atom. The quantitative estimate of drug-likeness (QED) is 0.897. The second-order valence-electron chi connectivity index (χ2n) is 4.85. The van der Waals surface area contributed by atoms with E-state index in [2.05, 4.69) is 16.8 Å². The molecule has 2 unspecified atom stereocenters. The molecule has 5 heteroatoms. The van der Waals surface area contributed by atoms with Crippen LogP contribution in [0.5, 0.6) is 0 Å². The predicted octanol–water partition coefficient (Wildman–Crippen LogP) is 4.48. The fourth-order valence-corrected chi connectivity index (χ4v) is 3.96. The summed E-state index contributed by atoms with van der Waals surface area (Å²) in [5, 5.41) is 6.50. The zero-order valence-corrected chi connectivity index (χ0v) is 13.4. The van der Waals surface area contributed by atoms with Crippen LogP contribution in [0.1, 0.15) is 28.0 Å². The number of hydrogen-bond acceptors (Lipinski definition) is 3. The van der Waals surface area contributed by atoms with Gasteiger partial charge in [-0.15, -0.1) is 11.3 Å². The Kier molecular flexibility index (Phi) is 4.34. The number of ether oxygens (including phenoxy) is 1. The lowest BCUT2D eigenvalue weighted by Crippen LogP contribution is -2.27. The van der Waals surface area contributed by atoms with E-state index >= 15 is 0 Å². The fourth-order valence-electron chi connectivity index (χ4n) is 2.59. The van der Waals surface area contributed by atoms with Gasteiger partial charge in [-0.25, -0.2) is 0 Å². The van der Waals surface area contributed by atoms with Gasteiger partial charge in [-0.1, -0.05) is 29.3 Å². The summed E-state index contributed by atoms with van der Waals surface area (Å²) < 4.78 is 6.01. The molecule has 3 rings (SSSR count). The fraction of sp³-hybridized carbons (Fsp3) is 0.333. The second-order valence-corrected chi connectivity index (χ2v) is 6.61. The molecule has 0 radical (unpaired) electrons. The number of thiophene rings is 1. The average Bonchev–Trinajstić information content (AvgIpc) is 2.92. The number of halogens is 2. The van der Waals surface area contributed by atoms with Crippen molar-refractivity contribution in [3.05, 3.63) is 55.7 Å². The Bertz CT molecular complexity index is 614. The lowest BCUT2D eigenvalue weighted by molar-refractivity contribution is 0.0367. The zero-order chi connectivity index (χ0) is 14.1. The van der Waals surface area contributed by atoms with E-state index in [0.717, 1.165) is 12.1 Å². The molecule has 2 aromatic rings. The van der Waals surface area contributed by atoms with Gasteiger partial charge in [0, 0.05) is 17.3 Å². The molecule has 0 bridgehead atoms. The molecule has 106 valence electrons. The largest absolute Gasteiger partial charge is 0.371 e. The van der Waals surface area contributed by atoms with Crippen LogP contribution in [-0.4, -0.2) is 20.2 Å². The van der Waals surface area contributed by atoms with Gasteiger partial charge in [0.2, 0.25) is 0 Å². The van der Waals surface area contributed by atoms with E-state index in [-0.39, 0.29) is 12.0 Å². The molecular weight excluding hydrogens is 313 g/mol. The first-order valence-corrected chi connectivity index (χ1v) is 8.12. The Labute approximate surface area is 132 Å². The van der Waals surface area contributed by atoms with E-state index in [9.17, 15) is 0 Å². The minimum absolute atomic E-state index is 0.139. The molecule has 1 aromatic carbocycles. The first-order chi connectivity index (χ1) is 9.70. The van der Waals surface area contributed by atoms with Crippen LogP contribution in [0.15, 0.2) is 29.6 Å². The SMILES string of the molecule is CNCC1OCC(c2ccc(Cl)c(Cl)c2)c2sccc21. The summed E-state index contributed by atoms with van der Waals surface area (Å²) >= 11 is 13.9. The van der Waals surface area contributed by atoms with Crippen LogP contribution in [0.3, 0.4) is 0 Å². The van der Waals surface area contributed by atoms with Crippen LogP contribution in [-0.2, 0) is 4.74 Å². The third-order valence-corrected chi connectivity index (χ3v) is 5.38. The van der Waals surface area contributed by atoms with Crippen LogP contribution in [0.25, 0.3) is 0 Å². The monoisotopic (exact) mass is 327 g/mol. The molecular formula is C15H15Cl2NOS. The van der Waals surface area contributed by atoms with Crippen molar-refractivity contribution < 1.29 is 4.74 Å². The summed E-state index contributed by atoms with van der Waals surface area (Å²) in [4.78, 5) is 1.37. The molecule has 2 nitrogen and oxygen atoms in total. The Hall–Kier alpha value is -0.580. The number of benzene rings is 1. The molecule has 0 saturated carbocycles. The molecule has 2 heterocycles. The first kappa shape index (κ1) is 14.4. The first-order valence-electron chi connectivity index (χ1n) is 6.49. The highest BCUT2D eigenvalue weighted by Gasteiger charge is 2.30. The molecule has 0 spiro atoms. The topological polar surface area (TPSA) is 21.3 Å². The van der Waals surface area contributed by atoms with Crippen LogP contribution in [0, 0.1) is 0 Å². The van der Waals surface area contributed by atoms with Gasteiger partial charge in [0.25, 0.3) is 0 Å². The van der Waals surface area contributed by atoms with Crippen molar-refractivity contribution in [3.63, 3.8) is 0 Å². The molecule has 2 atom stereocenters. The zero-order valence-electron chi connectivity index (χ0n) is 11.0. The summed E-state index contributed by atoms with van der Waals surface area (Å²) in [7, 11) is 1.94. The molecule has 1 aromatic heterocycles. The van der Waals surface area contributed by atoms with E-state index in [1.165, 1.54) is 10.4 Å². The van der Waals surface area contributed by atoms with Crippen LogP contribution < -0.4 is 5.32 Å². The Balaban J connectivity index is 1.96. The van der Waals surface area contributed by atoms with Crippen molar-refractivity contribution in [3.8, 4) is 0 Å². The van der Waals surface area contributed by atoms with Crippen molar-refractivity contribution in [2.24, 2.45) is 0 Å². The normalized spacial score (nSPS) is 21.8. The predicted molar refractivity (Wildman–Crippen MR) is 85.2 cm³/mol. The summed E-state index contributed by atoms with van der Waals surface area (Å²) in [6.45, 7) is 1.51. The number of fused-ring (bicyclic) bond motifs is 1. The van der Waals surface area contributed by atoms with E-state index in [1.807, 2.05) is 25.2 Å². The third kappa shape index (κ3) is 2.61. The van der Waals surface area contributed by atoms with Gasteiger partial charge in [0.05, 0.1) is 22.8 Å². The van der Waals surface area contributed by atoms with Gasteiger partial charge < -0.3 is 10.1 Å². The maximum atomic E-state index is 6.13. The number of nitrogens with one attached hydrogen (secondary N) is 1. The van der Waals surface area contributed by atoms with E-state index < -0.39 is 0 Å². The summed E-state index contributed by atoms with van der Waals surface area (Å²) in [6.07, 6.45) is 0.139. The Morgan fingerprint density at radius 3 is 2.90 bits per heavy atom. The maximum Gasteiger partial charge on any atom is 0.0960 e. The lowest BCUT2D eigenvalue weighted by Gasteiger charge is -2.29. The molecule has 1 aliphatic heterocycles. The van der Waals surface area contributed by atoms with Gasteiger partial charge in [-0.3, -0.25) is 0 Å². The molecule has 20 heavy (non-hydrogen) atoms. The van der Waals surface area contributed by atoms with Crippen LogP contribution in [0.4, 0.5) is 0 Å². The maximum absolute atomic E-state index is 6.13. The summed E-state index contributed by atoms with van der Waals surface area (Å²) in [6, 6.07) is 7.99. The Morgan fingerprint density at radius 1 is 1.30 bits per heavy atom. The van der Waals surface area contributed by atoms with Gasteiger partial charge in [0.15, 0.2) is 0 Å². The van der Waals surface area contributed by atoms with E-state index in [4.69, 9.17) is 27.9 Å². The van der Waals surface area contributed by atoms with Crippen molar-refractivity contribution in [2.45, 2.75) is 12.0 Å². The molecule has 1 aliphatic rings. The highest BCUT2D eigenvalue weighted by Crippen LogP contribution is 2.41. The van der Waals surface area contributed by atoms with Gasteiger partial charge in [0.1, 0.15) is 0 Å². The lowest BCUT2D eigenvalue weighted by atomic mass is 9.92. The average molecular weight is 328 g/mol. The van der Waals surface area contributed by atoms with Gasteiger partial charge in [-0.05, 0) is 41.8 Å². The molecule has 0 saturated heterocycles. The van der Waals surface area contributed by atoms with Crippen LogP contribution >= 0.6 is 34.5 Å². The minimum Gasteiger partial charge on any atom is -0.371 e. The molecule has 0 aliphatic carbocycles. The van der Waals surface area contributed by atoms with Crippen molar-refractivity contribution in [1.29, 1.82) is 0 Å². The van der Waals surface area contributed by atoms with Crippen molar-refractivity contribution in [1.82, 2.24) is 5.32 Å². The van der Waals surface area contributed by atoms with Crippen molar-refractivity contribution in [2.75, 3.05) is 20.2 Å². The smallest absolute Gasteiger partial charge is 0.0960 e. The highest BCUT2D eigenvalue weighted by atomic mass is 35.5.